The van der Waals surface area contributed by atoms with Gasteiger partial charge in [0, 0.05) is 5.56 Å². The van der Waals surface area contributed by atoms with Gasteiger partial charge in [-0.05, 0) is 31.4 Å². The van der Waals surface area contributed by atoms with Gasteiger partial charge in [0.25, 0.3) is 0 Å². The Kier molecular flexibility index (Phi) is 5.44. The van der Waals surface area contributed by atoms with E-state index in [0.29, 0.717) is 12.1 Å². The predicted octanol–water partition coefficient (Wildman–Crippen LogP) is 4.58. The normalized spacial score (nSPS) is 22.1. The average molecular weight is 259 g/mol. The fourth-order valence-corrected chi connectivity index (χ4v) is 2.53. The highest BCUT2D eigenvalue weighted by Crippen LogP contribution is 2.25. The van der Waals surface area contributed by atoms with Crippen LogP contribution in [0, 0.1) is 0 Å². The van der Waals surface area contributed by atoms with Crippen LogP contribution in [0.15, 0.2) is 35.3 Å². The molecule has 0 spiro atoms. The van der Waals surface area contributed by atoms with Gasteiger partial charge in [-0.15, -0.1) is 0 Å². The van der Waals surface area contributed by atoms with E-state index in [1.54, 1.807) is 0 Å². The summed E-state index contributed by atoms with van der Waals surface area (Å²) < 4.78 is 6.11. The van der Waals surface area contributed by atoms with Crippen LogP contribution in [0.25, 0.3) is 0 Å². The predicted molar refractivity (Wildman–Crippen MR) is 80.7 cm³/mol. The molecule has 0 aromatic heterocycles. The van der Waals surface area contributed by atoms with E-state index in [-0.39, 0.29) is 0 Å². The summed E-state index contributed by atoms with van der Waals surface area (Å²) in [5.41, 5.74) is 1.11. The maximum Gasteiger partial charge on any atom is 0.216 e. The minimum Gasteiger partial charge on any atom is -0.472 e. The maximum absolute atomic E-state index is 6.11. The minimum atomic E-state index is 0.293. The molecule has 0 amide bonds. The number of hydrogen-bond donors (Lipinski definition) is 0. The fourth-order valence-electron chi connectivity index (χ4n) is 2.53. The molecule has 1 aromatic rings. The first-order valence-corrected chi connectivity index (χ1v) is 7.65. The number of rotatable bonds is 7. The zero-order valence-electron chi connectivity index (χ0n) is 12.1. The zero-order chi connectivity index (χ0) is 13.5. The van der Waals surface area contributed by atoms with Gasteiger partial charge in [-0.1, -0.05) is 51.3 Å². The van der Waals surface area contributed by atoms with E-state index in [4.69, 9.17) is 9.73 Å². The van der Waals surface area contributed by atoms with Crippen LogP contribution >= 0.6 is 0 Å². The van der Waals surface area contributed by atoms with E-state index < -0.39 is 0 Å². The Morgan fingerprint density at radius 1 is 1.00 bits per heavy atom. The molecule has 2 atom stereocenters. The third-order valence-corrected chi connectivity index (χ3v) is 3.69. The summed E-state index contributed by atoms with van der Waals surface area (Å²) in [6, 6.07) is 10.6. The van der Waals surface area contributed by atoms with E-state index in [9.17, 15) is 0 Å². The van der Waals surface area contributed by atoms with Gasteiger partial charge >= 0.3 is 0 Å². The van der Waals surface area contributed by atoms with Gasteiger partial charge in [-0.3, -0.25) is 0 Å². The highest BCUT2D eigenvalue weighted by atomic mass is 16.5. The van der Waals surface area contributed by atoms with Crippen LogP contribution in [0.3, 0.4) is 0 Å². The summed E-state index contributed by atoms with van der Waals surface area (Å²) in [4.78, 5) is 4.82. The first-order valence-electron chi connectivity index (χ1n) is 7.65. The molecule has 1 heterocycles. The van der Waals surface area contributed by atoms with Crippen molar-refractivity contribution in [2.24, 2.45) is 4.99 Å². The molecule has 2 rings (SSSR count). The average Bonchev–Trinajstić information content (AvgIpc) is 2.87. The lowest BCUT2D eigenvalue weighted by molar-refractivity contribution is 0.173. The summed E-state index contributed by atoms with van der Waals surface area (Å²) in [7, 11) is 0. The Labute approximate surface area is 116 Å². The van der Waals surface area contributed by atoms with Gasteiger partial charge in [-0.25, -0.2) is 4.99 Å². The smallest absolute Gasteiger partial charge is 0.216 e. The quantitative estimate of drug-likeness (QED) is 0.702. The van der Waals surface area contributed by atoms with Crippen molar-refractivity contribution in [1.29, 1.82) is 0 Å². The molecule has 0 fully saturated rings. The molecule has 0 saturated heterocycles. The molecule has 0 unspecified atom stereocenters. The van der Waals surface area contributed by atoms with Gasteiger partial charge < -0.3 is 4.74 Å². The molecule has 104 valence electrons. The van der Waals surface area contributed by atoms with Crippen LogP contribution in [-0.4, -0.2) is 18.0 Å². The van der Waals surface area contributed by atoms with Crippen LogP contribution in [0.5, 0.6) is 0 Å². The van der Waals surface area contributed by atoms with Crippen molar-refractivity contribution in [1.82, 2.24) is 0 Å². The Bertz CT molecular complexity index is 399. The molecule has 1 aliphatic heterocycles. The van der Waals surface area contributed by atoms with E-state index in [2.05, 4.69) is 26.0 Å². The summed E-state index contributed by atoms with van der Waals surface area (Å²) in [6.07, 6.45) is 7.49. The second-order valence-corrected chi connectivity index (χ2v) is 5.31. The molecular weight excluding hydrogens is 234 g/mol. The lowest BCUT2D eigenvalue weighted by Crippen LogP contribution is -2.22. The molecule has 1 aliphatic rings. The molecule has 0 aliphatic carbocycles. The van der Waals surface area contributed by atoms with Crippen LogP contribution in [0.2, 0.25) is 0 Å². The van der Waals surface area contributed by atoms with E-state index >= 15 is 0 Å². The number of unbranched alkanes of at least 4 members (excludes halogenated alkanes) is 2. The minimum absolute atomic E-state index is 0.293. The highest BCUT2D eigenvalue weighted by Gasteiger charge is 2.30. The number of nitrogens with zero attached hydrogens (tertiary/aromatic N) is 1. The Morgan fingerprint density at radius 3 is 2.37 bits per heavy atom. The molecule has 1 aromatic carbocycles. The van der Waals surface area contributed by atoms with Crippen LogP contribution in [0.4, 0.5) is 0 Å². The molecular formula is C17H25NO. The van der Waals surface area contributed by atoms with Crippen molar-refractivity contribution in [3.8, 4) is 0 Å². The number of aliphatic imine (C=N–C) groups is 1. The van der Waals surface area contributed by atoms with Crippen molar-refractivity contribution in [2.75, 3.05) is 0 Å². The van der Waals surface area contributed by atoms with Crippen LogP contribution in [0.1, 0.15) is 57.9 Å². The molecule has 2 heteroatoms. The second kappa shape index (κ2) is 7.32. The van der Waals surface area contributed by atoms with E-state index in [0.717, 1.165) is 24.3 Å². The van der Waals surface area contributed by atoms with Gasteiger partial charge in [0.15, 0.2) is 0 Å². The lowest BCUT2D eigenvalue weighted by atomic mass is 10.0. The molecule has 19 heavy (non-hydrogen) atoms. The Balaban J connectivity index is 2.05. The van der Waals surface area contributed by atoms with Crippen LogP contribution in [-0.2, 0) is 4.74 Å². The Hall–Kier alpha value is -1.31. The third kappa shape index (κ3) is 3.82. The topological polar surface area (TPSA) is 21.6 Å². The van der Waals surface area contributed by atoms with Crippen LogP contribution < -0.4 is 0 Å². The fraction of sp³-hybridized carbons (Fsp3) is 0.588. The van der Waals surface area contributed by atoms with Gasteiger partial charge in [0.1, 0.15) is 6.10 Å². The number of hydrogen-bond acceptors (Lipinski definition) is 2. The first kappa shape index (κ1) is 14.1. The van der Waals surface area contributed by atoms with Crippen molar-refractivity contribution in [3.63, 3.8) is 0 Å². The monoisotopic (exact) mass is 259 g/mol. The lowest BCUT2D eigenvalue weighted by Gasteiger charge is -2.17. The van der Waals surface area contributed by atoms with Crippen molar-refractivity contribution < 1.29 is 4.74 Å². The van der Waals surface area contributed by atoms with Gasteiger partial charge in [0.05, 0.1) is 6.04 Å². The van der Waals surface area contributed by atoms with Gasteiger partial charge in [-0.2, -0.15) is 0 Å². The Morgan fingerprint density at radius 2 is 1.68 bits per heavy atom. The van der Waals surface area contributed by atoms with Crippen molar-refractivity contribution in [3.05, 3.63) is 35.9 Å². The zero-order valence-corrected chi connectivity index (χ0v) is 12.1. The molecule has 0 N–H and O–H groups in total. The first-order chi connectivity index (χ1) is 9.35. The van der Waals surface area contributed by atoms with Crippen molar-refractivity contribution in [2.45, 2.75) is 64.5 Å². The van der Waals surface area contributed by atoms with E-state index in [1.807, 2.05) is 18.2 Å². The summed E-state index contributed by atoms with van der Waals surface area (Å²) in [6.45, 7) is 4.47. The highest BCUT2D eigenvalue weighted by molar-refractivity contribution is 5.95. The number of ether oxygens (including phenoxy) is 1. The molecule has 0 saturated carbocycles. The summed E-state index contributed by atoms with van der Waals surface area (Å²) >= 11 is 0. The largest absolute Gasteiger partial charge is 0.472 e. The SMILES string of the molecule is CCCC[C@H]1N=C(c2ccccc2)O[C@@H]1CCCC. The van der Waals surface area contributed by atoms with Crippen molar-refractivity contribution >= 4 is 5.90 Å². The van der Waals surface area contributed by atoms with Gasteiger partial charge in [0.2, 0.25) is 5.90 Å². The summed E-state index contributed by atoms with van der Waals surface area (Å²) in [5, 5.41) is 0. The maximum atomic E-state index is 6.11. The third-order valence-electron chi connectivity index (χ3n) is 3.69. The molecule has 0 bridgehead atoms. The van der Waals surface area contributed by atoms with E-state index in [1.165, 1.54) is 25.7 Å². The number of benzene rings is 1. The second-order valence-electron chi connectivity index (χ2n) is 5.31. The molecule has 0 radical (unpaired) electrons. The summed E-state index contributed by atoms with van der Waals surface area (Å²) in [5.74, 6) is 0.850. The standard InChI is InChI=1S/C17H25NO/c1-3-5-12-15-16(13-6-4-2)19-17(18-15)14-10-8-7-9-11-14/h7-11,15-16H,3-6,12-13H2,1-2H3/t15-,16-/m1/s1. The molecule has 2 nitrogen and oxygen atoms in total.